The second-order valence-corrected chi connectivity index (χ2v) is 15.8. The first-order valence-electron chi connectivity index (χ1n) is 16.7. The topological polar surface area (TPSA) is 49.4 Å². The molecule has 2 aliphatic heterocycles. The second-order valence-electron chi connectivity index (χ2n) is 15.8. The zero-order valence-electron chi connectivity index (χ0n) is 30.2. The molecule has 0 atom stereocenters. The van der Waals surface area contributed by atoms with Gasteiger partial charge in [-0.2, -0.15) is 0 Å². The molecule has 5 rings (SSSR count). The van der Waals surface area contributed by atoms with Crippen molar-refractivity contribution in [2.45, 2.75) is 118 Å². The number of benzene rings is 3. The van der Waals surface area contributed by atoms with Crippen molar-refractivity contribution in [1.29, 1.82) is 0 Å². The fourth-order valence-electron chi connectivity index (χ4n) is 5.52. The molecule has 0 bridgehead atoms. The Morgan fingerprint density at radius 3 is 1.20 bits per heavy atom. The van der Waals surface area contributed by atoms with Crippen LogP contribution < -0.4 is 21.3 Å². The van der Waals surface area contributed by atoms with Gasteiger partial charge in [0.1, 0.15) is 0 Å². The molecular weight excluding hydrogens is 571 g/mol. The van der Waals surface area contributed by atoms with Gasteiger partial charge < -0.3 is 28.2 Å². The molecule has 0 aliphatic carbocycles. The number of rotatable bonds is 9. The smallest absolute Gasteiger partial charge is 0.426 e. The van der Waals surface area contributed by atoms with E-state index >= 15 is 0 Å². The molecule has 244 valence electrons. The molecule has 46 heavy (non-hydrogen) atoms. The first-order valence-corrected chi connectivity index (χ1v) is 16.7. The van der Waals surface area contributed by atoms with Gasteiger partial charge in [-0.25, -0.2) is 0 Å². The van der Waals surface area contributed by atoms with Gasteiger partial charge in [0, 0.05) is 22.7 Å². The van der Waals surface area contributed by atoms with Crippen LogP contribution in [0.2, 0.25) is 6.82 Å². The summed E-state index contributed by atoms with van der Waals surface area (Å²) in [5.41, 5.74) is 4.44. The van der Waals surface area contributed by atoms with Crippen molar-refractivity contribution >= 4 is 54.6 Å². The van der Waals surface area contributed by atoms with Crippen LogP contribution in [0.5, 0.6) is 0 Å². The molecule has 2 heterocycles. The lowest BCUT2D eigenvalue weighted by Crippen LogP contribution is -2.42. The summed E-state index contributed by atoms with van der Waals surface area (Å²) < 4.78 is 31.8. The van der Waals surface area contributed by atoms with E-state index in [0.717, 1.165) is 33.5 Å². The number of anilines is 3. The summed E-state index contributed by atoms with van der Waals surface area (Å²) in [4.78, 5) is 2.26. The van der Waals surface area contributed by atoms with Crippen LogP contribution in [0, 0.1) is 5.92 Å². The average molecular weight is 623 g/mol. The molecule has 3 aromatic carbocycles. The Morgan fingerprint density at radius 1 is 0.587 bits per heavy atom. The number of hydrogen-bond donors (Lipinski definition) is 0. The SMILES string of the molecule is CB(OC(C)(C)C(C)C)c1ccc(N(c2ccc(B3OC(C)(C)C(C)(C)O3)cc2)c2ccc(B3OC(C)(C)C(C)(C)O3)cc2)cc1. The van der Waals surface area contributed by atoms with Crippen molar-refractivity contribution in [3.63, 3.8) is 0 Å². The highest BCUT2D eigenvalue weighted by Crippen LogP contribution is 2.39. The Bertz CT molecular complexity index is 1390. The highest BCUT2D eigenvalue weighted by Gasteiger charge is 2.52. The molecule has 2 aliphatic rings. The Kier molecular flexibility index (Phi) is 9.20. The normalized spacial score (nSPS) is 20.0. The molecule has 3 aromatic rings. The van der Waals surface area contributed by atoms with Crippen LogP contribution in [0.15, 0.2) is 72.8 Å². The number of nitrogens with zero attached hydrogens (tertiary/aromatic N) is 1. The minimum atomic E-state index is -0.414. The van der Waals surface area contributed by atoms with Gasteiger partial charge in [0.25, 0.3) is 0 Å². The Morgan fingerprint density at radius 2 is 0.891 bits per heavy atom. The van der Waals surface area contributed by atoms with E-state index in [-0.39, 0.29) is 12.5 Å². The summed E-state index contributed by atoms with van der Waals surface area (Å²) in [5, 5.41) is 0. The molecule has 6 nitrogen and oxygen atoms in total. The van der Waals surface area contributed by atoms with Gasteiger partial charge in [-0.05, 0) is 128 Å². The van der Waals surface area contributed by atoms with Gasteiger partial charge in [-0.15, -0.1) is 0 Å². The van der Waals surface area contributed by atoms with Gasteiger partial charge in [-0.1, -0.05) is 57.1 Å². The molecule has 0 amide bonds. The van der Waals surface area contributed by atoms with Crippen molar-refractivity contribution in [3.8, 4) is 0 Å². The zero-order chi connectivity index (χ0) is 33.9. The molecule has 2 fully saturated rings. The van der Waals surface area contributed by atoms with E-state index in [1.54, 1.807) is 0 Å². The van der Waals surface area contributed by atoms with E-state index in [1.807, 2.05) is 0 Å². The Labute approximate surface area is 278 Å². The maximum absolute atomic E-state index is 6.48. The number of hydrogen-bond acceptors (Lipinski definition) is 6. The van der Waals surface area contributed by atoms with Crippen molar-refractivity contribution in [3.05, 3.63) is 72.8 Å². The van der Waals surface area contributed by atoms with Crippen LogP contribution in [-0.2, 0) is 23.3 Å². The van der Waals surface area contributed by atoms with Gasteiger partial charge in [0.05, 0.1) is 22.4 Å². The minimum absolute atomic E-state index is 0.0294. The predicted molar refractivity (Wildman–Crippen MR) is 194 cm³/mol. The third kappa shape index (κ3) is 6.72. The fourth-order valence-corrected chi connectivity index (χ4v) is 5.52. The molecular formula is C37H52B3NO5. The van der Waals surface area contributed by atoms with E-state index in [0.29, 0.717) is 5.92 Å². The second kappa shape index (κ2) is 12.2. The monoisotopic (exact) mass is 623 g/mol. The van der Waals surface area contributed by atoms with E-state index < -0.39 is 36.6 Å². The summed E-state index contributed by atoms with van der Waals surface area (Å²) >= 11 is 0. The lowest BCUT2D eigenvalue weighted by Gasteiger charge is -2.33. The standard InChI is InChI=1S/C37H52B3NO5/c1-26(2)33(3,4)42-38(13)27-14-20-30(21-15-27)41(31-22-16-28(17-23-31)39-43-34(5,6)35(7,8)44-39)32-24-18-29(19-25-32)40-45-36(9,10)37(11,12)46-40/h14-26H,1-13H3. The van der Waals surface area contributed by atoms with E-state index in [2.05, 4.69) is 168 Å². The molecule has 0 saturated carbocycles. The molecule has 0 N–H and O–H groups in total. The minimum Gasteiger partial charge on any atom is -0.426 e. The van der Waals surface area contributed by atoms with Crippen molar-refractivity contribution in [2.24, 2.45) is 5.92 Å². The summed E-state index contributed by atoms with van der Waals surface area (Å²) in [6.07, 6.45) is 0. The molecule has 0 unspecified atom stereocenters. The van der Waals surface area contributed by atoms with E-state index in [1.165, 1.54) is 0 Å². The maximum atomic E-state index is 6.48. The lowest BCUT2D eigenvalue weighted by molar-refractivity contribution is 0.00578. The molecule has 2 saturated heterocycles. The largest absolute Gasteiger partial charge is 0.494 e. The maximum Gasteiger partial charge on any atom is 0.494 e. The fraction of sp³-hybridized carbons (Fsp3) is 0.514. The summed E-state index contributed by atoms with van der Waals surface area (Å²) in [5.74, 6) is 0.407. The summed E-state index contributed by atoms with van der Waals surface area (Å²) in [6.45, 7) is 27.4. The zero-order valence-corrected chi connectivity index (χ0v) is 30.2. The first-order chi connectivity index (χ1) is 21.2. The lowest BCUT2D eigenvalue weighted by atomic mass is 9.62. The van der Waals surface area contributed by atoms with Crippen molar-refractivity contribution in [1.82, 2.24) is 0 Å². The van der Waals surface area contributed by atoms with Gasteiger partial charge in [0.2, 0.25) is 0 Å². The molecule has 0 spiro atoms. The van der Waals surface area contributed by atoms with Crippen LogP contribution in [0.1, 0.15) is 83.1 Å². The van der Waals surface area contributed by atoms with Gasteiger partial charge in [-0.3, -0.25) is 0 Å². The average Bonchev–Trinajstić information content (AvgIpc) is 3.33. The van der Waals surface area contributed by atoms with Crippen LogP contribution in [-0.4, -0.2) is 49.2 Å². The van der Waals surface area contributed by atoms with Gasteiger partial charge in [0.15, 0.2) is 0 Å². The highest BCUT2D eigenvalue weighted by atomic mass is 16.7. The van der Waals surface area contributed by atoms with E-state index in [9.17, 15) is 0 Å². The third-order valence-corrected chi connectivity index (χ3v) is 10.8. The Balaban J connectivity index is 1.46. The van der Waals surface area contributed by atoms with Gasteiger partial charge >= 0.3 is 21.2 Å². The van der Waals surface area contributed by atoms with Crippen LogP contribution in [0.3, 0.4) is 0 Å². The van der Waals surface area contributed by atoms with Crippen LogP contribution in [0.25, 0.3) is 0 Å². The molecule has 9 heteroatoms. The predicted octanol–water partition coefficient (Wildman–Crippen LogP) is 7.03. The Hall–Kier alpha value is -2.55. The quantitative estimate of drug-likeness (QED) is 0.239. The summed E-state index contributed by atoms with van der Waals surface area (Å²) in [7, 11) is -0.829. The van der Waals surface area contributed by atoms with Crippen molar-refractivity contribution in [2.75, 3.05) is 4.90 Å². The molecule has 0 aromatic heterocycles. The van der Waals surface area contributed by atoms with Crippen molar-refractivity contribution < 1.29 is 23.3 Å². The highest BCUT2D eigenvalue weighted by molar-refractivity contribution is 6.66. The first kappa shape index (κ1) is 34.8. The van der Waals surface area contributed by atoms with Crippen LogP contribution in [0.4, 0.5) is 17.1 Å². The third-order valence-electron chi connectivity index (χ3n) is 10.8. The summed E-state index contributed by atoms with van der Waals surface area (Å²) in [6, 6.07) is 25.6. The van der Waals surface area contributed by atoms with E-state index in [4.69, 9.17) is 23.3 Å². The van der Waals surface area contributed by atoms with Crippen LogP contribution >= 0.6 is 0 Å². The molecule has 0 radical (unpaired) electrons.